The molecule has 2 heterocycles. The second-order valence-corrected chi connectivity index (χ2v) is 5.53. The van der Waals surface area contributed by atoms with E-state index in [-0.39, 0.29) is 18.1 Å². The zero-order valence-electron chi connectivity index (χ0n) is 12.6. The minimum atomic E-state index is -1.31. The van der Waals surface area contributed by atoms with Crippen LogP contribution in [0.3, 0.4) is 0 Å². The standard InChI is InChI=1S/C17H12F2N2O3/c1-10(22)21-17(9-23-15-5-3-2-4-13(15)17)24-16(20-21)12-8-11(18)6-7-14(12)19/h2-8H,9H2,1H3. The highest BCUT2D eigenvalue weighted by Crippen LogP contribution is 2.45. The Labute approximate surface area is 136 Å². The van der Waals surface area contributed by atoms with Gasteiger partial charge in [-0.2, -0.15) is 5.01 Å². The van der Waals surface area contributed by atoms with Crippen molar-refractivity contribution in [3.63, 3.8) is 0 Å². The summed E-state index contributed by atoms with van der Waals surface area (Å²) in [6, 6.07) is 10.0. The van der Waals surface area contributed by atoms with Crippen LogP contribution in [0.5, 0.6) is 5.75 Å². The maximum atomic E-state index is 14.1. The van der Waals surface area contributed by atoms with E-state index in [9.17, 15) is 13.6 Å². The number of para-hydroxylation sites is 1. The lowest BCUT2D eigenvalue weighted by molar-refractivity contribution is -0.150. The van der Waals surface area contributed by atoms with Crippen molar-refractivity contribution in [2.24, 2.45) is 5.10 Å². The number of carbonyl (C=O) groups is 1. The molecular weight excluding hydrogens is 318 g/mol. The van der Waals surface area contributed by atoms with E-state index >= 15 is 0 Å². The number of amides is 1. The average Bonchev–Trinajstić information content (AvgIpc) is 3.13. The van der Waals surface area contributed by atoms with E-state index < -0.39 is 23.3 Å². The fourth-order valence-electron chi connectivity index (χ4n) is 2.92. The Morgan fingerprint density at radius 3 is 2.83 bits per heavy atom. The van der Waals surface area contributed by atoms with E-state index in [0.717, 1.165) is 23.2 Å². The van der Waals surface area contributed by atoms with E-state index in [0.29, 0.717) is 11.3 Å². The summed E-state index contributed by atoms with van der Waals surface area (Å²) in [6.07, 6.45) is 0. The molecule has 4 rings (SSSR count). The highest BCUT2D eigenvalue weighted by molar-refractivity contribution is 5.97. The molecule has 0 saturated heterocycles. The summed E-state index contributed by atoms with van der Waals surface area (Å²) >= 11 is 0. The quantitative estimate of drug-likeness (QED) is 0.808. The van der Waals surface area contributed by atoms with Crippen LogP contribution < -0.4 is 4.74 Å². The van der Waals surface area contributed by atoms with E-state index in [1.54, 1.807) is 24.3 Å². The van der Waals surface area contributed by atoms with Gasteiger partial charge in [0.05, 0.1) is 11.1 Å². The molecule has 1 atom stereocenters. The molecule has 0 saturated carbocycles. The van der Waals surface area contributed by atoms with Crippen LogP contribution in [0.25, 0.3) is 0 Å². The number of benzene rings is 2. The van der Waals surface area contributed by atoms with Crippen LogP contribution in [-0.4, -0.2) is 23.4 Å². The van der Waals surface area contributed by atoms with Gasteiger partial charge in [-0.1, -0.05) is 12.1 Å². The normalized spacial score (nSPS) is 21.3. The summed E-state index contributed by atoms with van der Waals surface area (Å²) in [6.45, 7) is 1.33. The number of rotatable bonds is 1. The van der Waals surface area contributed by atoms with Gasteiger partial charge in [0.25, 0.3) is 5.72 Å². The van der Waals surface area contributed by atoms with Crippen molar-refractivity contribution >= 4 is 11.8 Å². The molecule has 2 aliphatic rings. The van der Waals surface area contributed by atoms with Crippen LogP contribution in [0.15, 0.2) is 47.6 Å². The van der Waals surface area contributed by atoms with Crippen molar-refractivity contribution in [1.82, 2.24) is 5.01 Å². The summed E-state index contributed by atoms with van der Waals surface area (Å²) in [7, 11) is 0. The van der Waals surface area contributed by atoms with Gasteiger partial charge in [-0.05, 0) is 30.3 Å². The maximum Gasteiger partial charge on any atom is 0.270 e. The number of fused-ring (bicyclic) bond motifs is 2. The second-order valence-electron chi connectivity index (χ2n) is 5.53. The maximum absolute atomic E-state index is 14.1. The first-order valence-electron chi connectivity index (χ1n) is 7.27. The molecule has 24 heavy (non-hydrogen) atoms. The minimum absolute atomic E-state index is 0.00978. The first kappa shape index (κ1) is 14.6. The van der Waals surface area contributed by atoms with Gasteiger partial charge in [0, 0.05) is 6.92 Å². The minimum Gasteiger partial charge on any atom is -0.486 e. The Bertz CT molecular complexity index is 884. The third kappa shape index (κ3) is 1.97. The van der Waals surface area contributed by atoms with Crippen LogP contribution in [0.2, 0.25) is 0 Å². The number of hydrazone groups is 1. The molecule has 0 radical (unpaired) electrons. The molecule has 0 fully saturated rings. The molecule has 122 valence electrons. The van der Waals surface area contributed by atoms with Gasteiger partial charge in [-0.15, -0.1) is 5.10 Å². The largest absolute Gasteiger partial charge is 0.486 e. The highest BCUT2D eigenvalue weighted by Gasteiger charge is 2.54. The lowest BCUT2D eigenvalue weighted by atomic mass is 10.0. The SMILES string of the molecule is CC(=O)N1N=C(c2cc(F)ccc2F)OC12COc1ccccc12. The number of hydrogen-bond donors (Lipinski definition) is 0. The summed E-state index contributed by atoms with van der Waals surface area (Å²) in [5.41, 5.74) is -0.852. The molecule has 0 bridgehead atoms. The van der Waals surface area contributed by atoms with Gasteiger partial charge >= 0.3 is 0 Å². The van der Waals surface area contributed by atoms with Crippen molar-refractivity contribution in [2.45, 2.75) is 12.6 Å². The van der Waals surface area contributed by atoms with Crippen molar-refractivity contribution in [2.75, 3.05) is 6.61 Å². The zero-order chi connectivity index (χ0) is 16.9. The van der Waals surface area contributed by atoms with Gasteiger partial charge in [-0.3, -0.25) is 4.79 Å². The van der Waals surface area contributed by atoms with E-state index in [1.807, 2.05) is 0 Å². The molecule has 5 nitrogen and oxygen atoms in total. The molecule has 7 heteroatoms. The average molecular weight is 330 g/mol. The van der Waals surface area contributed by atoms with Crippen LogP contribution in [0.4, 0.5) is 8.78 Å². The van der Waals surface area contributed by atoms with Crippen LogP contribution in [0, 0.1) is 11.6 Å². The molecule has 1 unspecified atom stereocenters. The fourth-order valence-corrected chi connectivity index (χ4v) is 2.92. The van der Waals surface area contributed by atoms with E-state index in [1.165, 1.54) is 6.92 Å². The monoisotopic (exact) mass is 330 g/mol. The van der Waals surface area contributed by atoms with Gasteiger partial charge in [0.2, 0.25) is 11.8 Å². The first-order valence-corrected chi connectivity index (χ1v) is 7.27. The van der Waals surface area contributed by atoms with Crippen molar-refractivity contribution in [3.05, 3.63) is 65.2 Å². The Kier molecular flexibility index (Phi) is 3.06. The summed E-state index contributed by atoms with van der Waals surface area (Å²) < 4.78 is 39.0. The Morgan fingerprint density at radius 2 is 2.04 bits per heavy atom. The zero-order valence-corrected chi connectivity index (χ0v) is 12.6. The summed E-state index contributed by atoms with van der Waals surface area (Å²) in [4.78, 5) is 12.1. The predicted molar refractivity (Wildman–Crippen MR) is 80.1 cm³/mol. The lowest BCUT2D eigenvalue weighted by Crippen LogP contribution is -2.45. The van der Waals surface area contributed by atoms with Crippen molar-refractivity contribution in [3.8, 4) is 5.75 Å². The third-order valence-corrected chi connectivity index (χ3v) is 3.99. The molecule has 2 aromatic rings. The van der Waals surface area contributed by atoms with Gasteiger partial charge in [0.15, 0.2) is 6.61 Å². The molecular formula is C17H12F2N2O3. The number of hydrogen-bond acceptors (Lipinski definition) is 4. The Hall–Kier alpha value is -2.96. The van der Waals surface area contributed by atoms with Crippen LogP contribution in [0.1, 0.15) is 18.1 Å². The molecule has 2 aromatic carbocycles. The topological polar surface area (TPSA) is 51.1 Å². The highest BCUT2D eigenvalue weighted by atomic mass is 19.1. The van der Waals surface area contributed by atoms with Gasteiger partial charge in [0.1, 0.15) is 17.4 Å². The molecule has 1 amide bonds. The summed E-state index contributed by atoms with van der Waals surface area (Å²) in [5.74, 6) is -1.33. The molecule has 0 aliphatic carbocycles. The number of nitrogens with zero attached hydrogens (tertiary/aromatic N) is 2. The summed E-state index contributed by atoms with van der Waals surface area (Å²) in [5, 5.41) is 5.20. The van der Waals surface area contributed by atoms with Crippen molar-refractivity contribution < 1.29 is 23.0 Å². The van der Waals surface area contributed by atoms with E-state index in [4.69, 9.17) is 9.47 Å². The number of carbonyl (C=O) groups excluding carboxylic acids is 1. The molecule has 2 aliphatic heterocycles. The third-order valence-electron chi connectivity index (χ3n) is 3.99. The number of ether oxygens (including phenoxy) is 2. The number of halogens is 2. The first-order chi connectivity index (χ1) is 11.5. The lowest BCUT2D eigenvalue weighted by Gasteiger charge is -2.28. The second kappa shape index (κ2) is 5.02. The predicted octanol–water partition coefficient (Wildman–Crippen LogP) is 2.75. The Balaban J connectivity index is 1.83. The van der Waals surface area contributed by atoms with E-state index in [2.05, 4.69) is 5.10 Å². The smallest absolute Gasteiger partial charge is 0.270 e. The molecule has 0 N–H and O–H groups in total. The van der Waals surface area contributed by atoms with Gasteiger partial charge < -0.3 is 9.47 Å². The van der Waals surface area contributed by atoms with Crippen molar-refractivity contribution in [1.29, 1.82) is 0 Å². The molecule has 1 spiro atoms. The Morgan fingerprint density at radius 1 is 1.25 bits per heavy atom. The van der Waals surface area contributed by atoms with Gasteiger partial charge in [-0.25, -0.2) is 8.78 Å². The fraction of sp³-hybridized carbons (Fsp3) is 0.176. The van der Waals surface area contributed by atoms with Crippen LogP contribution >= 0.6 is 0 Å². The van der Waals surface area contributed by atoms with Crippen LogP contribution in [-0.2, 0) is 15.3 Å². The molecule has 0 aromatic heterocycles.